The first-order valence-electron chi connectivity index (χ1n) is 6.50. The highest BCUT2D eigenvalue weighted by Gasteiger charge is 2.24. The van der Waals surface area contributed by atoms with Crippen molar-refractivity contribution in [3.63, 3.8) is 0 Å². The monoisotopic (exact) mass is 284 g/mol. The van der Waals surface area contributed by atoms with E-state index in [0.29, 0.717) is 11.4 Å². The van der Waals surface area contributed by atoms with E-state index < -0.39 is 15.6 Å². The molecule has 0 bridgehead atoms. The van der Waals surface area contributed by atoms with Crippen molar-refractivity contribution in [1.82, 2.24) is 10.0 Å². The van der Waals surface area contributed by atoms with Gasteiger partial charge in [0, 0.05) is 12.1 Å². The number of rotatable bonds is 5. The molecule has 1 aromatic carbocycles. The number of nitrogens with one attached hydrogen (secondary N) is 2. The molecule has 0 saturated heterocycles. The first-order chi connectivity index (χ1) is 8.67. The zero-order valence-electron chi connectivity index (χ0n) is 12.4. The van der Waals surface area contributed by atoms with E-state index in [1.807, 2.05) is 40.7 Å². The van der Waals surface area contributed by atoms with Gasteiger partial charge >= 0.3 is 0 Å². The van der Waals surface area contributed by atoms with E-state index in [1.165, 1.54) is 0 Å². The summed E-state index contributed by atoms with van der Waals surface area (Å²) >= 11 is 0. The molecule has 0 aliphatic carbocycles. The molecule has 1 rings (SSSR count). The molecule has 0 spiro atoms. The molecule has 0 atom stereocenters. The molecular weight excluding hydrogens is 260 g/mol. The van der Waals surface area contributed by atoms with E-state index in [2.05, 4.69) is 10.0 Å². The number of sulfonamides is 1. The zero-order valence-corrected chi connectivity index (χ0v) is 13.2. The smallest absolute Gasteiger partial charge is 0.241 e. The fourth-order valence-corrected chi connectivity index (χ4v) is 3.57. The summed E-state index contributed by atoms with van der Waals surface area (Å²) in [5, 5.41) is 3.22. The highest BCUT2D eigenvalue weighted by atomic mass is 32.2. The Morgan fingerprint density at radius 3 is 2.37 bits per heavy atom. The third-order valence-corrected chi connectivity index (χ3v) is 4.59. The van der Waals surface area contributed by atoms with Crippen LogP contribution in [-0.2, 0) is 16.6 Å². The second kappa shape index (κ2) is 6.03. The summed E-state index contributed by atoms with van der Waals surface area (Å²) in [4.78, 5) is 0.359. The highest BCUT2D eigenvalue weighted by Crippen LogP contribution is 2.20. The van der Waals surface area contributed by atoms with Crippen molar-refractivity contribution >= 4 is 10.0 Å². The van der Waals surface area contributed by atoms with Gasteiger partial charge in [-0.1, -0.05) is 19.1 Å². The second-order valence-corrected chi connectivity index (χ2v) is 7.33. The molecule has 0 amide bonds. The predicted molar refractivity (Wildman–Crippen MR) is 78.6 cm³/mol. The van der Waals surface area contributed by atoms with E-state index in [1.54, 1.807) is 12.1 Å². The van der Waals surface area contributed by atoms with Gasteiger partial charge in [0.1, 0.15) is 0 Å². The Hall–Kier alpha value is -0.910. The summed E-state index contributed by atoms with van der Waals surface area (Å²) in [6, 6.07) is 5.39. The van der Waals surface area contributed by atoms with Crippen molar-refractivity contribution in [3.8, 4) is 0 Å². The first-order valence-corrected chi connectivity index (χ1v) is 7.99. The van der Waals surface area contributed by atoms with Crippen molar-refractivity contribution in [1.29, 1.82) is 0 Å². The van der Waals surface area contributed by atoms with Gasteiger partial charge in [0.15, 0.2) is 0 Å². The minimum Gasteiger partial charge on any atom is -0.313 e. The molecule has 0 aliphatic heterocycles. The van der Waals surface area contributed by atoms with Gasteiger partial charge in [0.2, 0.25) is 10.0 Å². The molecule has 5 heteroatoms. The van der Waals surface area contributed by atoms with Gasteiger partial charge in [0.05, 0.1) is 4.90 Å². The lowest BCUT2D eigenvalue weighted by Crippen LogP contribution is -2.40. The van der Waals surface area contributed by atoms with Crippen LogP contribution in [0, 0.1) is 6.92 Å². The van der Waals surface area contributed by atoms with E-state index in [9.17, 15) is 8.42 Å². The third kappa shape index (κ3) is 4.60. The van der Waals surface area contributed by atoms with E-state index in [4.69, 9.17) is 0 Å². The van der Waals surface area contributed by atoms with Crippen LogP contribution in [0.5, 0.6) is 0 Å². The quantitative estimate of drug-likeness (QED) is 0.871. The van der Waals surface area contributed by atoms with Gasteiger partial charge in [0.25, 0.3) is 0 Å². The fraction of sp³-hybridized carbons (Fsp3) is 0.571. The Bertz CT molecular complexity index is 531. The normalized spacial score (nSPS) is 12.7. The maximum Gasteiger partial charge on any atom is 0.241 e. The predicted octanol–water partition coefficient (Wildman–Crippen LogP) is 2.18. The summed E-state index contributed by atoms with van der Waals surface area (Å²) in [7, 11) is -3.47. The van der Waals surface area contributed by atoms with Gasteiger partial charge in [-0.3, -0.25) is 0 Å². The Morgan fingerprint density at radius 1 is 1.21 bits per heavy atom. The number of benzene rings is 1. The van der Waals surface area contributed by atoms with Crippen LogP contribution in [0.4, 0.5) is 0 Å². The highest BCUT2D eigenvalue weighted by molar-refractivity contribution is 7.89. The Kier molecular flexibility index (Phi) is 5.12. The molecule has 0 aliphatic rings. The maximum absolute atomic E-state index is 12.4. The SMILES string of the molecule is CCNCc1cccc(S(=O)(=O)NC(C)(C)C)c1C. The Labute approximate surface area is 116 Å². The van der Waals surface area contributed by atoms with Crippen molar-refractivity contribution in [3.05, 3.63) is 29.3 Å². The van der Waals surface area contributed by atoms with Crippen LogP contribution in [-0.4, -0.2) is 20.5 Å². The van der Waals surface area contributed by atoms with E-state index >= 15 is 0 Å². The van der Waals surface area contributed by atoms with Crippen LogP contribution in [0.3, 0.4) is 0 Å². The van der Waals surface area contributed by atoms with Crippen LogP contribution < -0.4 is 10.0 Å². The largest absolute Gasteiger partial charge is 0.313 e. The zero-order chi connectivity index (χ0) is 14.7. The topological polar surface area (TPSA) is 58.2 Å². The van der Waals surface area contributed by atoms with Gasteiger partial charge in [-0.15, -0.1) is 0 Å². The van der Waals surface area contributed by atoms with Gasteiger partial charge in [-0.25, -0.2) is 13.1 Å². The molecule has 0 saturated carbocycles. The molecule has 2 N–H and O–H groups in total. The second-order valence-electron chi connectivity index (χ2n) is 5.68. The molecule has 0 heterocycles. The number of hydrogen-bond acceptors (Lipinski definition) is 3. The standard InChI is InChI=1S/C14H24N2O2S/c1-6-15-10-12-8-7-9-13(11(12)2)19(17,18)16-14(3,4)5/h7-9,15-16H,6,10H2,1-5H3. The molecule has 0 fully saturated rings. The molecule has 0 radical (unpaired) electrons. The summed E-state index contributed by atoms with van der Waals surface area (Å²) in [6.45, 7) is 10.9. The lowest BCUT2D eigenvalue weighted by atomic mass is 10.1. The van der Waals surface area contributed by atoms with Crippen molar-refractivity contribution in [2.24, 2.45) is 0 Å². The molecular formula is C14H24N2O2S. The molecule has 108 valence electrons. The summed E-state index contributed by atoms with van der Waals surface area (Å²) in [5.41, 5.74) is 1.34. The summed E-state index contributed by atoms with van der Waals surface area (Å²) in [5.74, 6) is 0. The Balaban J connectivity index is 3.14. The molecule has 0 unspecified atom stereocenters. The molecule has 1 aromatic rings. The van der Waals surface area contributed by atoms with E-state index in [-0.39, 0.29) is 0 Å². The van der Waals surface area contributed by atoms with Crippen LogP contribution in [0.2, 0.25) is 0 Å². The summed E-state index contributed by atoms with van der Waals surface area (Å²) in [6.07, 6.45) is 0. The van der Waals surface area contributed by atoms with Crippen LogP contribution in [0.1, 0.15) is 38.8 Å². The van der Waals surface area contributed by atoms with Crippen molar-refractivity contribution in [2.45, 2.75) is 51.6 Å². The number of hydrogen-bond donors (Lipinski definition) is 2. The third-order valence-electron chi connectivity index (χ3n) is 2.69. The van der Waals surface area contributed by atoms with Crippen LogP contribution in [0.25, 0.3) is 0 Å². The van der Waals surface area contributed by atoms with Gasteiger partial charge < -0.3 is 5.32 Å². The molecule has 0 aromatic heterocycles. The van der Waals surface area contributed by atoms with E-state index in [0.717, 1.165) is 17.7 Å². The van der Waals surface area contributed by atoms with Gasteiger partial charge in [-0.05, 0) is 51.4 Å². The van der Waals surface area contributed by atoms with Gasteiger partial charge in [-0.2, -0.15) is 0 Å². The maximum atomic E-state index is 12.4. The Morgan fingerprint density at radius 2 is 1.84 bits per heavy atom. The lowest BCUT2D eigenvalue weighted by molar-refractivity contribution is 0.491. The molecule has 19 heavy (non-hydrogen) atoms. The average Bonchev–Trinajstić information content (AvgIpc) is 2.24. The first kappa shape index (κ1) is 16.1. The minimum absolute atomic E-state index is 0.359. The minimum atomic E-state index is -3.47. The average molecular weight is 284 g/mol. The van der Waals surface area contributed by atoms with Crippen molar-refractivity contribution < 1.29 is 8.42 Å². The van der Waals surface area contributed by atoms with Crippen molar-refractivity contribution in [2.75, 3.05) is 6.54 Å². The lowest BCUT2D eigenvalue weighted by Gasteiger charge is -2.21. The molecule has 4 nitrogen and oxygen atoms in total. The van der Waals surface area contributed by atoms with Crippen LogP contribution in [0.15, 0.2) is 23.1 Å². The van der Waals surface area contributed by atoms with Crippen LogP contribution >= 0.6 is 0 Å². The fourth-order valence-electron chi connectivity index (χ4n) is 1.86. The summed E-state index contributed by atoms with van der Waals surface area (Å²) < 4.78 is 27.4.